The Labute approximate surface area is 135 Å². The van der Waals surface area contributed by atoms with Gasteiger partial charge in [-0.15, -0.1) is 0 Å². The number of anilines is 1. The van der Waals surface area contributed by atoms with Crippen LogP contribution in [0.1, 0.15) is 0 Å². The average Bonchev–Trinajstić information content (AvgIpc) is 2.56. The number of aromatic nitrogens is 1. The Morgan fingerprint density at radius 1 is 0.957 bits per heavy atom. The summed E-state index contributed by atoms with van der Waals surface area (Å²) in [6.07, 6.45) is 1.64. The van der Waals surface area contributed by atoms with Crippen LogP contribution in [0.25, 0.3) is 10.9 Å². The van der Waals surface area contributed by atoms with Gasteiger partial charge in [-0.3, -0.25) is 9.71 Å². The molecule has 0 unspecified atom stereocenters. The molecule has 0 aliphatic heterocycles. The van der Waals surface area contributed by atoms with Crippen LogP contribution in [0.5, 0.6) is 5.75 Å². The predicted octanol–water partition coefficient (Wildman–Crippen LogP) is 3.06. The molecule has 0 saturated heterocycles. The molecule has 0 bridgehead atoms. The molecule has 0 spiro atoms. The van der Waals surface area contributed by atoms with Gasteiger partial charge < -0.3 is 4.74 Å². The lowest BCUT2D eigenvalue weighted by atomic mass is 10.2. The molecule has 1 heterocycles. The fourth-order valence-corrected chi connectivity index (χ4v) is 3.10. The second kappa shape index (κ2) is 6.66. The standard InChI is InChI=1S/C17H16N2O3S/c20-23(21,13-12-22-15-8-2-1-3-9-15)19-16-10-4-6-14-7-5-11-18-17(14)16/h1-11,19H,12-13H2. The maximum absolute atomic E-state index is 12.2. The first kappa shape index (κ1) is 15.3. The molecule has 0 aliphatic carbocycles. The highest BCUT2D eigenvalue weighted by molar-refractivity contribution is 7.92. The molecule has 23 heavy (non-hydrogen) atoms. The molecule has 0 aliphatic rings. The van der Waals surface area contributed by atoms with Crippen molar-refractivity contribution < 1.29 is 13.2 Å². The molecule has 0 radical (unpaired) electrons. The summed E-state index contributed by atoms with van der Waals surface area (Å²) in [6, 6.07) is 18.2. The topological polar surface area (TPSA) is 68.3 Å². The third-order valence-corrected chi connectivity index (χ3v) is 4.50. The van der Waals surface area contributed by atoms with Gasteiger partial charge in [0.1, 0.15) is 18.1 Å². The molecule has 0 fully saturated rings. The van der Waals surface area contributed by atoms with E-state index in [1.54, 1.807) is 30.5 Å². The molecule has 0 atom stereocenters. The van der Waals surface area contributed by atoms with Crippen LogP contribution in [0.15, 0.2) is 66.9 Å². The Kier molecular flexibility index (Phi) is 4.43. The van der Waals surface area contributed by atoms with E-state index in [4.69, 9.17) is 4.74 Å². The number of para-hydroxylation sites is 2. The Hall–Kier alpha value is -2.60. The maximum Gasteiger partial charge on any atom is 0.236 e. The highest BCUT2D eigenvalue weighted by Gasteiger charge is 2.13. The Balaban J connectivity index is 1.68. The van der Waals surface area contributed by atoms with Gasteiger partial charge in [-0.05, 0) is 24.3 Å². The van der Waals surface area contributed by atoms with Crippen LogP contribution < -0.4 is 9.46 Å². The first-order valence-electron chi connectivity index (χ1n) is 7.16. The summed E-state index contributed by atoms with van der Waals surface area (Å²) < 4.78 is 32.4. The number of fused-ring (bicyclic) bond motifs is 1. The zero-order valence-corrected chi connectivity index (χ0v) is 13.2. The Bertz CT molecular complexity index is 891. The number of hydrogen-bond donors (Lipinski definition) is 1. The molecule has 1 N–H and O–H groups in total. The van der Waals surface area contributed by atoms with Crippen LogP contribution in [-0.4, -0.2) is 25.8 Å². The number of ether oxygens (including phenoxy) is 1. The van der Waals surface area contributed by atoms with Gasteiger partial charge in [0.05, 0.1) is 11.2 Å². The molecule has 6 heteroatoms. The minimum absolute atomic E-state index is 0.0809. The largest absolute Gasteiger partial charge is 0.492 e. The number of sulfonamides is 1. The molecule has 2 aromatic carbocycles. The fraction of sp³-hybridized carbons (Fsp3) is 0.118. The van der Waals surface area contributed by atoms with E-state index in [0.717, 1.165) is 5.39 Å². The van der Waals surface area contributed by atoms with Crippen molar-refractivity contribution in [1.82, 2.24) is 4.98 Å². The van der Waals surface area contributed by atoms with Crippen LogP contribution in [0.2, 0.25) is 0 Å². The van der Waals surface area contributed by atoms with Gasteiger partial charge in [-0.25, -0.2) is 8.42 Å². The van der Waals surface area contributed by atoms with Crippen LogP contribution >= 0.6 is 0 Å². The van der Waals surface area contributed by atoms with E-state index in [-0.39, 0.29) is 12.4 Å². The van der Waals surface area contributed by atoms with E-state index in [1.165, 1.54) is 0 Å². The summed E-state index contributed by atoms with van der Waals surface area (Å²) in [7, 11) is -3.51. The van der Waals surface area contributed by atoms with Gasteiger partial charge in [0.25, 0.3) is 0 Å². The van der Waals surface area contributed by atoms with Crippen LogP contribution in [-0.2, 0) is 10.0 Å². The highest BCUT2D eigenvalue weighted by Crippen LogP contribution is 2.21. The van der Waals surface area contributed by atoms with Crippen molar-refractivity contribution in [3.8, 4) is 5.75 Å². The van der Waals surface area contributed by atoms with Crippen molar-refractivity contribution in [2.24, 2.45) is 0 Å². The van der Waals surface area contributed by atoms with Crippen molar-refractivity contribution in [3.05, 3.63) is 66.9 Å². The van der Waals surface area contributed by atoms with Crippen LogP contribution in [0.3, 0.4) is 0 Å². The SMILES string of the molecule is O=S(=O)(CCOc1ccccc1)Nc1cccc2cccnc12. The summed E-state index contributed by atoms with van der Waals surface area (Å²) in [5.41, 5.74) is 1.10. The summed E-state index contributed by atoms with van der Waals surface area (Å²) in [5.74, 6) is 0.514. The van der Waals surface area contributed by atoms with Gasteiger partial charge >= 0.3 is 0 Å². The molecule has 5 nitrogen and oxygen atoms in total. The lowest BCUT2D eigenvalue weighted by Crippen LogP contribution is -2.21. The van der Waals surface area contributed by atoms with E-state index in [0.29, 0.717) is 17.0 Å². The molecular weight excluding hydrogens is 312 g/mol. The van der Waals surface area contributed by atoms with Gasteiger partial charge in [0, 0.05) is 11.6 Å². The van der Waals surface area contributed by atoms with Crippen molar-refractivity contribution >= 4 is 26.6 Å². The molecule has 118 valence electrons. The fourth-order valence-electron chi connectivity index (χ4n) is 2.19. The molecule has 3 aromatic rings. The lowest BCUT2D eigenvalue weighted by molar-refractivity contribution is 0.341. The third-order valence-electron chi connectivity index (χ3n) is 3.26. The van der Waals surface area contributed by atoms with Crippen molar-refractivity contribution in [3.63, 3.8) is 0 Å². The second-order valence-corrected chi connectivity index (χ2v) is 6.81. The number of rotatable bonds is 6. The van der Waals surface area contributed by atoms with Crippen molar-refractivity contribution in [2.45, 2.75) is 0 Å². The number of hydrogen-bond acceptors (Lipinski definition) is 4. The molecule has 0 saturated carbocycles. The first-order chi connectivity index (χ1) is 11.1. The third kappa shape index (κ3) is 3.98. The van der Waals surface area contributed by atoms with E-state index in [1.807, 2.05) is 36.4 Å². The summed E-state index contributed by atoms with van der Waals surface area (Å²) in [4.78, 5) is 4.24. The van der Waals surface area contributed by atoms with Gasteiger partial charge in [0.2, 0.25) is 10.0 Å². The second-order valence-electron chi connectivity index (χ2n) is 4.96. The van der Waals surface area contributed by atoms with E-state index in [9.17, 15) is 8.42 Å². The molecule has 0 amide bonds. The van der Waals surface area contributed by atoms with Crippen LogP contribution in [0.4, 0.5) is 5.69 Å². The number of benzene rings is 2. The Morgan fingerprint density at radius 2 is 1.74 bits per heavy atom. The summed E-state index contributed by atoms with van der Waals surface area (Å²) in [6.45, 7) is 0.0809. The smallest absolute Gasteiger partial charge is 0.236 e. The average molecular weight is 328 g/mol. The van der Waals surface area contributed by atoms with Crippen molar-refractivity contribution in [1.29, 1.82) is 0 Å². The molecule has 3 rings (SSSR count). The van der Waals surface area contributed by atoms with E-state index in [2.05, 4.69) is 9.71 Å². The number of nitrogens with zero attached hydrogens (tertiary/aromatic N) is 1. The number of pyridine rings is 1. The van der Waals surface area contributed by atoms with Crippen LogP contribution in [0, 0.1) is 0 Å². The van der Waals surface area contributed by atoms with Crippen molar-refractivity contribution in [2.75, 3.05) is 17.1 Å². The Morgan fingerprint density at radius 3 is 2.57 bits per heavy atom. The van der Waals surface area contributed by atoms with Gasteiger partial charge in [-0.1, -0.05) is 36.4 Å². The lowest BCUT2D eigenvalue weighted by Gasteiger charge is -2.11. The summed E-state index contributed by atoms with van der Waals surface area (Å²) in [5, 5.41) is 0.883. The summed E-state index contributed by atoms with van der Waals surface area (Å²) >= 11 is 0. The monoisotopic (exact) mass is 328 g/mol. The normalized spacial score (nSPS) is 11.3. The van der Waals surface area contributed by atoms with E-state index >= 15 is 0 Å². The van der Waals surface area contributed by atoms with Gasteiger partial charge in [0.15, 0.2) is 0 Å². The zero-order valence-electron chi connectivity index (χ0n) is 12.3. The van der Waals surface area contributed by atoms with E-state index < -0.39 is 10.0 Å². The highest BCUT2D eigenvalue weighted by atomic mass is 32.2. The minimum atomic E-state index is -3.51. The molecular formula is C17H16N2O3S. The predicted molar refractivity (Wildman–Crippen MR) is 91.1 cm³/mol. The quantitative estimate of drug-likeness (QED) is 0.755. The first-order valence-corrected chi connectivity index (χ1v) is 8.81. The zero-order chi connectivity index (χ0) is 16.1. The van der Waals surface area contributed by atoms with Gasteiger partial charge in [-0.2, -0.15) is 0 Å². The number of nitrogens with one attached hydrogen (secondary N) is 1. The maximum atomic E-state index is 12.2. The molecule has 1 aromatic heterocycles. The minimum Gasteiger partial charge on any atom is -0.492 e.